The molecule has 6 heteroatoms. The summed E-state index contributed by atoms with van der Waals surface area (Å²) in [6.45, 7) is 9.41. The van der Waals surface area contributed by atoms with E-state index in [1.165, 1.54) is 5.69 Å². The summed E-state index contributed by atoms with van der Waals surface area (Å²) < 4.78 is 4.26. The zero-order valence-corrected chi connectivity index (χ0v) is 13.7. The van der Waals surface area contributed by atoms with Crippen LogP contribution in [0.1, 0.15) is 39.2 Å². The SMILES string of the molecule is CCc1nccn1-c1nc2sccn2c1CNC(C)(C)C. The van der Waals surface area contributed by atoms with Gasteiger partial charge in [0, 0.05) is 42.5 Å². The van der Waals surface area contributed by atoms with Gasteiger partial charge in [-0.25, -0.2) is 9.97 Å². The van der Waals surface area contributed by atoms with Crippen molar-refractivity contribution < 1.29 is 0 Å². The van der Waals surface area contributed by atoms with E-state index in [2.05, 4.69) is 58.5 Å². The Morgan fingerprint density at radius 3 is 2.81 bits per heavy atom. The molecular weight excluding hydrogens is 282 g/mol. The molecule has 0 spiro atoms. The summed E-state index contributed by atoms with van der Waals surface area (Å²) in [6, 6.07) is 0. The van der Waals surface area contributed by atoms with Crippen LogP contribution in [0.15, 0.2) is 24.0 Å². The van der Waals surface area contributed by atoms with Crippen LogP contribution in [-0.4, -0.2) is 24.5 Å². The Balaban J connectivity index is 2.07. The van der Waals surface area contributed by atoms with E-state index < -0.39 is 0 Å². The van der Waals surface area contributed by atoms with Gasteiger partial charge in [0.1, 0.15) is 5.82 Å². The molecule has 0 aromatic carbocycles. The lowest BCUT2D eigenvalue weighted by atomic mass is 10.1. The van der Waals surface area contributed by atoms with Crippen molar-refractivity contribution in [2.75, 3.05) is 0 Å². The van der Waals surface area contributed by atoms with Gasteiger partial charge in [0.15, 0.2) is 10.8 Å². The van der Waals surface area contributed by atoms with Gasteiger partial charge in [0.2, 0.25) is 0 Å². The third-order valence-electron chi connectivity index (χ3n) is 3.39. The zero-order valence-electron chi connectivity index (χ0n) is 12.9. The number of aromatic nitrogens is 4. The Hall–Kier alpha value is -1.66. The van der Waals surface area contributed by atoms with Gasteiger partial charge in [-0.1, -0.05) is 6.92 Å². The number of fused-ring (bicyclic) bond motifs is 1. The largest absolute Gasteiger partial charge is 0.306 e. The Morgan fingerprint density at radius 1 is 1.29 bits per heavy atom. The second-order valence-corrected chi connectivity index (χ2v) is 6.98. The first-order valence-electron chi connectivity index (χ1n) is 7.21. The Bertz CT molecular complexity index is 744. The van der Waals surface area contributed by atoms with Crippen LogP contribution in [-0.2, 0) is 13.0 Å². The second kappa shape index (κ2) is 5.27. The monoisotopic (exact) mass is 303 g/mol. The molecule has 0 aliphatic carbocycles. The number of rotatable bonds is 4. The number of imidazole rings is 2. The summed E-state index contributed by atoms with van der Waals surface area (Å²) in [5.74, 6) is 2.02. The molecule has 3 heterocycles. The molecule has 0 aliphatic rings. The minimum atomic E-state index is 0.0694. The maximum atomic E-state index is 4.79. The fourth-order valence-electron chi connectivity index (χ4n) is 2.32. The van der Waals surface area contributed by atoms with Crippen LogP contribution in [0.5, 0.6) is 0 Å². The maximum absolute atomic E-state index is 4.79. The highest BCUT2D eigenvalue weighted by Gasteiger charge is 2.18. The van der Waals surface area contributed by atoms with E-state index in [0.29, 0.717) is 0 Å². The van der Waals surface area contributed by atoms with Crippen LogP contribution in [0.2, 0.25) is 0 Å². The van der Waals surface area contributed by atoms with E-state index >= 15 is 0 Å². The first-order chi connectivity index (χ1) is 9.99. The predicted molar refractivity (Wildman–Crippen MR) is 86.2 cm³/mol. The molecule has 0 saturated heterocycles. The molecule has 0 amide bonds. The average Bonchev–Trinajstić information content (AvgIpc) is 3.09. The molecule has 21 heavy (non-hydrogen) atoms. The molecule has 0 unspecified atom stereocenters. The third kappa shape index (κ3) is 2.73. The minimum Gasteiger partial charge on any atom is -0.306 e. The summed E-state index contributed by atoms with van der Waals surface area (Å²) in [6.07, 6.45) is 6.81. The molecule has 0 radical (unpaired) electrons. The number of thiazole rings is 1. The van der Waals surface area contributed by atoms with Crippen LogP contribution >= 0.6 is 11.3 Å². The summed E-state index contributed by atoms with van der Waals surface area (Å²) in [5.41, 5.74) is 1.24. The summed E-state index contributed by atoms with van der Waals surface area (Å²) in [5, 5.41) is 5.63. The van der Waals surface area contributed by atoms with Gasteiger partial charge in [-0.2, -0.15) is 0 Å². The highest BCUT2D eigenvalue weighted by Crippen LogP contribution is 2.22. The van der Waals surface area contributed by atoms with Crippen molar-refractivity contribution in [2.45, 2.75) is 46.2 Å². The smallest absolute Gasteiger partial charge is 0.195 e. The molecule has 112 valence electrons. The molecular formula is C15H21N5S. The van der Waals surface area contributed by atoms with Crippen molar-refractivity contribution in [1.29, 1.82) is 0 Å². The van der Waals surface area contributed by atoms with Gasteiger partial charge < -0.3 is 5.32 Å². The van der Waals surface area contributed by atoms with Crippen molar-refractivity contribution in [2.24, 2.45) is 0 Å². The van der Waals surface area contributed by atoms with E-state index in [1.807, 2.05) is 12.4 Å². The van der Waals surface area contributed by atoms with Gasteiger partial charge in [-0.15, -0.1) is 11.3 Å². The first kappa shape index (κ1) is 14.3. The first-order valence-corrected chi connectivity index (χ1v) is 8.09. The normalized spacial score (nSPS) is 12.4. The molecule has 3 rings (SSSR count). The number of nitrogens with zero attached hydrogens (tertiary/aromatic N) is 4. The van der Waals surface area contributed by atoms with E-state index in [0.717, 1.165) is 29.6 Å². The van der Waals surface area contributed by atoms with E-state index in [4.69, 9.17) is 4.98 Å². The molecule has 3 aromatic heterocycles. The maximum Gasteiger partial charge on any atom is 0.195 e. The fourth-order valence-corrected chi connectivity index (χ4v) is 3.04. The van der Waals surface area contributed by atoms with Crippen molar-refractivity contribution in [3.05, 3.63) is 35.5 Å². The molecule has 1 N–H and O–H groups in total. The Kier molecular flexibility index (Phi) is 3.59. The van der Waals surface area contributed by atoms with Gasteiger partial charge >= 0.3 is 0 Å². The van der Waals surface area contributed by atoms with Crippen molar-refractivity contribution in [1.82, 2.24) is 24.3 Å². The molecule has 3 aromatic rings. The van der Waals surface area contributed by atoms with Crippen LogP contribution in [0.4, 0.5) is 0 Å². The predicted octanol–water partition coefficient (Wildman–Crippen LogP) is 3.03. The van der Waals surface area contributed by atoms with Crippen LogP contribution < -0.4 is 5.32 Å². The fraction of sp³-hybridized carbons (Fsp3) is 0.467. The van der Waals surface area contributed by atoms with E-state index in [-0.39, 0.29) is 5.54 Å². The molecule has 0 atom stereocenters. The minimum absolute atomic E-state index is 0.0694. The lowest BCUT2D eigenvalue weighted by Crippen LogP contribution is -2.35. The number of hydrogen-bond donors (Lipinski definition) is 1. The second-order valence-electron chi connectivity index (χ2n) is 6.11. The van der Waals surface area contributed by atoms with Gasteiger partial charge in [-0.05, 0) is 20.8 Å². The number of hydrogen-bond acceptors (Lipinski definition) is 4. The third-order valence-corrected chi connectivity index (χ3v) is 4.14. The topological polar surface area (TPSA) is 47.2 Å². The van der Waals surface area contributed by atoms with Crippen molar-refractivity contribution >= 4 is 16.3 Å². The molecule has 0 fully saturated rings. The number of aryl methyl sites for hydroxylation is 1. The molecule has 5 nitrogen and oxygen atoms in total. The van der Waals surface area contributed by atoms with Crippen LogP contribution in [0, 0.1) is 0 Å². The van der Waals surface area contributed by atoms with E-state index in [1.54, 1.807) is 11.3 Å². The van der Waals surface area contributed by atoms with Gasteiger partial charge in [-0.3, -0.25) is 8.97 Å². The van der Waals surface area contributed by atoms with Gasteiger partial charge in [0.25, 0.3) is 0 Å². The Morgan fingerprint density at radius 2 is 2.10 bits per heavy atom. The number of nitrogens with one attached hydrogen (secondary N) is 1. The summed E-state index contributed by atoms with van der Waals surface area (Å²) in [4.78, 5) is 10.2. The standard InChI is InChI=1S/C15H21N5S/c1-5-12-16-6-7-20(12)13-11(10-17-15(2,3)4)19-8-9-21-14(19)18-13/h6-9,17H,5,10H2,1-4H3. The molecule has 0 aliphatic heterocycles. The van der Waals surface area contributed by atoms with Crippen molar-refractivity contribution in [3.63, 3.8) is 0 Å². The molecule has 0 bridgehead atoms. The van der Waals surface area contributed by atoms with Gasteiger partial charge in [0.05, 0.1) is 5.69 Å². The van der Waals surface area contributed by atoms with Crippen molar-refractivity contribution in [3.8, 4) is 5.82 Å². The highest BCUT2D eigenvalue weighted by atomic mass is 32.1. The highest BCUT2D eigenvalue weighted by molar-refractivity contribution is 7.15. The quantitative estimate of drug-likeness (QED) is 0.806. The Labute approximate surface area is 128 Å². The molecule has 0 saturated carbocycles. The summed E-state index contributed by atoms with van der Waals surface area (Å²) in [7, 11) is 0. The zero-order chi connectivity index (χ0) is 15.0. The van der Waals surface area contributed by atoms with Crippen LogP contribution in [0.3, 0.4) is 0 Å². The lowest BCUT2D eigenvalue weighted by Gasteiger charge is -2.20. The van der Waals surface area contributed by atoms with E-state index in [9.17, 15) is 0 Å². The lowest BCUT2D eigenvalue weighted by molar-refractivity contribution is 0.420. The van der Waals surface area contributed by atoms with Crippen LogP contribution in [0.25, 0.3) is 10.8 Å². The average molecular weight is 303 g/mol. The summed E-state index contributed by atoms with van der Waals surface area (Å²) >= 11 is 1.66.